The molecule has 2 nitrogen and oxygen atoms in total. The number of rotatable bonds is 4. The molecule has 0 aliphatic carbocycles. The molecular formula is C15H24N2. The van der Waals surface area contributed by atoms with Gasteiger partial charge in [0.1, 0.15) is 0 Å². The second-order valence-corrected chi connectivity index (χ2v) is 5.08. The standard InChI is InChI=1S/C15H24N2/c1-4-14(16-3)11-17-9-5-6-13-10-12(2)7-8-15(13)17/h7-8,10,14,16H,4-6,9,11H2,1-3H3. The molecule has 1 atom stereocenters. The molecule has 1 aliphatic rings. The van der Waals surface area contributed by atoms with Gasteiger partial charge < -0.3 is 10.2 Å². The van der Waals surface area contributed by atoms with Gasteiger partial charge in [0.05, 0.1) is 0 Å². The molecule has 1 aromatic rings. The van der Waals surface area contributed by atoms with Crippen molar-refractivity contribution in [3.63, 3.8) is 0 Å². The summed E-state index contributed by atoms with van der Waals surface area (Å²) < 4.78 is 0. The molecule has 2 rings (SSSR count). The first-order valence-corrected chi connectivity index (χ1v) is 6.76. The van der Waals surface area contributed by atoms with Crippen LogP contribution in [-0.2, 0) is 6.42 Å². The number of anilines is 1. The number of likely N-dealkylation sites (N-methyl/N-ethyl adjacent to an activating group) is 1. The fraction of sp³-hybridized carbons (Fsp3) is 0.600. The van der Waals surface area contributed by atoms with Crippen molar-refractivity contribution in [3.8, 4) is 0 Å². The van der Waals surface area contributed by atoms with Crippen molar-refractivity contribution in [2.75, 3.05) is 25.0 Å². The minimum Gasteiger partial charge on any atom is -0.370 e. The second-order valence-electron chi connectivity index (χ2n) is 5.08. The highest BCUT2D eigenvalue weighted by molar-refractivity contribution is 5.56. The van der Waals surface area contributed by atoms with Crippen LogP contribution in [0.2, 0.25) is 0 Å². The summed E-state index contributed by atoms with van der Waals surface area (Å²) in [5.74, 6) is 0. The molecule has 0 saturated carbocycles. The molecule has 0 bridgehead atoms. The molecule has 0 amide bonds. The van der Waals surface area contributed by atoms with Crippen molar-refractivity contribution in [1.29, 1.82) is 0 Å². The molecule has 0 fully saturated rings. The SMILES string of the molecule is CCC(CN1CCCc2cc(C)ccc21)NC. The molecular weight excluding hydrogens is 208 g/mol. The van der Waals surface area contributed by atoms with E-state index in [1.165, 1.54) is 42.6 Å². The van der Waals surface area contributed by atoms with E-state index in [0.29, 0.717) is 6.04 Å². The summed E-state index contributed by atoms with van der Waals surface area (Å²) >= 11 is 0. The lowest BCUT2D eigenvalue weighted by Crippen LogP contribution is -2.41. The van der Waals surface area contributed by atoms with Gasteiger partial charge in [0.15, 0.2) is 0 Å². The predicted molar refractivity (Wildman–Crippen MR) is 74.9 cm³/mol. The Kier molecular flexibility index (Phi) is 4.06. The predicted octanol–water partition coefficient (Wildman–Crippen LogP) is 2.75. The third-order valence-corrected chi connectivity index (χ3v) is 3.79. The molecule has 1 N–H and O–H groups in total. The zero-order chi connectivity index (χ0) is 12.3. The van der Waals surface area contributed by atoms with Crippen LogP contribution in [0.25, 0.3) is 0 Å². The summed E-state index contributed by atoms with van der Waals surface area (Å²) in [4.78, 5) is 2.54. The summed E-state index contributed by atoms with van der Waals surface area (Å²) in [5, 5.41) is 3.40. The first-order chi connectivity index (χ1) is 8.24. The number of fused-ring (bicyclic) bond motifs is 1. The highest BCUT2D eigenvalue weighted by atomic mass is 15.2. The summed E-state index contributed by atoms with van der Waals surface area (Å²) in [6.45, 7) is 6.76. The summed E-state index contributed by atoms with van der Waals surface area (Å²) in [5.41, 5.74) is 4.36. The van der Waals surface area contributed by atoms with Gasteiger partial charge in [-0.3, -0.25) is 0 Å². The minimum atomic E-state index is 0.599. The molecule has 2 heteroatoms. The smallest absolute Gasteiger partial charge is 0.0399 e. The highest BCUT2D eigenvalue weighted by Crippen LogP contribution is 2.28. The first kappa shape index (κ1) is 12.4. The fourth-order valence-electron chi connectivity index (χ4n) is 2.68. The van der Waals surface area contributed by atoms with E-state index in [2.05, 4.69) is 49.3 Å². The van der Waals surface area contributed by atoms with E-state index in [1.807, 2.05) is 0 Å². The van der Waals surface area contributed by atoms with E-state index in [1.54, 1.807) is 0 Å². The van der Waals surface area contributed by atoms with E-state index in [4.69, 9.17) is 0 Å². The van der Waals surface area contributed by atoms with Crippen molar-refractivity contribution in [1.82, 2.24) is 5.32 Å². The Bertz CT molecular complexity index is 369. The second kappa shape index (κ2) is 5.54. The maximum Gasteiger partial charge on any atom is 0.0399 e. The Morgan fingerprint density at radius 1 is 1.41 bits per heavy atom. The van der Waals surface area contributed by atoms with Crippen LogP contribution in [0.5, 0.6) is 0 Å². The normalized spacial score (nSPS) is 16.8. The van der Waals surface area contributed by atoms with Gasteiger partial charge in [0.2, 0.25) is 0 Å². The van der Waals surface area contributed by atoms with E-state index >= 15 is 0 Å². The van der Waals surface area contributed by atoms with Gasteiger partial charge >= 0.3 is 0 Å². The van der Waals surface area contributed by atoms with Crippen LogP contribution in [0, 0.1) is 6.92 Å². The monoisotopic (exact) mass is 232 g/mol. The molecule has 1 aromatic carbocycles. The topological polar surface area (TPSA) is 15.3 Å². The summed E-state index contributed by atoms with van der Waals surface area (Å²) in [7, 11) is 2.06. The number of hydrogen-bond acceptors (Lipinski definition) is 2. The molecule has 0 saturated heterocycles. The van der Waals surface area contributed by atoms with Crippen molar-refractivity contribution in [2.45, 2.75) is 39.2 Å². The van der Waals surface area contributed by atoms with Crippen LogP contribution >= 0.6 is 0 Å². The number of aryl methyl sites for hydroxylation is 2. The highest BCUT2D eigenvalue weighted by Gasteiger charge is 2.18. The van der Waals surface area contributed by atoms with E-state index in [-0.39, 0.29) is 0 Å². The van der Waals surface area contributed by atoms with E-state index in [9.17, 15) is 0 Å². The molecule has 17 heavy (non-hydrogen) atoms. The molecule has 94 valence electrons. The van der Waals surface area contributed by atoms with E-state index < -0.39 is 0 Å². The molecule has 1 heterocycles. The van der Waals surface area contributed by atoms with Crippen LogP contribution in [0.1, 0.15) is 30.9 Å². The van der Waals surface area contributed by atoms with E-state index in [0.717, 1.165) is 6.54 Å². The molecule has 1 unspecified atom stereocenters. The number of hydrogen-bond donors (Lipinski definition) is 1. The van der Waals surface area contributed by atoms with Crippen LogP contribution in [0.4, 0.5) is 5.69 Å². The van der Waals surface area contributed by atoms with Crippen LogP contribution in [-0.4, -0.2) is 26.2 Å². The van der Waals surface area contributed by atoms with Gasteiger partial charge in [0.25, 0.3) is 0 Å². The van der Waals surface area contributed by atoms with Gasteiger partial charge in [-0.15, -0.1) is 0 Å². The van der Waals surface area contributed by atoms with Gasteiger partial charge in [-0.25, -0.2) is 0 Å². The fourth-order valence-corrected chi connectivity index (χ4v) is 2.68. The maximum absolute atomic E-state index is 3.40. The zero-order valence-electron chi connectivity index (χ0n) is 11.3. The Balaban J connectivity index is 2.16. The van der Waals surface area contributed by atoms with Crippen molar-refractivity contribution in [2.24, 2.45) is 0 Å². The third-order valence-electron chi connectivity index (χ3n) is 3.79. The average molecular weight is 232 g/mol. The summed E-state index contributed by atoms with van der Waals surface area (Å²) in [6, 6.07) is 7.48. The molecule has 0 spiro atoms. The van der Waals surface area contributed by atoms with Crippen LogP contribution in [0.15, 0.2) is 18.2 Å². The quantitative estimate of drug-likeness (QED) is 0.858. The average Bonchev–Trinajstić information content (AvgIpc) is 2.35. The lowest BCUT2D eigenvalue weighted by atomic mass is 9.99. The largest absolute Gasteiger partial charge is 0.370 e. The Morgan fingerprint density at radius 3 is 2.94 bits per heavy atom. The Labute approximate surface area is 105 Å². The van der Waals surface area contributed by atoms with Gasteiger partial charge in [0, 0.05) is 24.8 Å². The lowest BCUT2D eigenvalue weighted by Gasteiger charge is -2.34. The Hall–Kier alpha value is -1.02. The van der Waals surface area contributed by atoms with Crippen LogP contribution in [0.3, 0.4) is 0 Å². The summed E-state index contributed by atoms with van der Waals surface area (Å²) in [6.07, 6.45) is 3.72. The maximum atomic E-state index is 3.40. The van der Waals surface area contributed by atoms with Crippen molar-refractivity contribution in [3.05, 3.63) is 29.3 Å². The Morgan fingerprint density at radius 2 is 2.24 bits per heavy atom. The first-order valence-electron chi connectivity index (χ1n) is 6.76. The van der Waals surface area contributed by atoms with Gasteiger partial charge in [-0.05, 0) is 44.9 Å². The number of benzene rings is 1. The van der Waals surface area contributed by atoms with Crippen LogP contribution < -0.4 is 10.2 Å². The zero-order valence-corrected chi connectivity index (χ0v) is 11.3. The minimum absolute atomic E-state index is 0.599. The molecule has 1 aliphatic heterocycles. The van der Waals surface area contributed by atoms with Gasteiger partial charge in [-0.2, -0.15) is 0 Å². The van der Waals surface area contributed by atoms with Crippen molar-refractivity contribution < 1.29 is 0 Å². The molecule has 0 radical (unpaired) electrons. The number of nitrogens with zero attached hydrogens (tertiary/aromatic N) is 1. The van der Waals surface area contributed by atoms with Gasteiger partial charge in [-0.1, -0.05) is 24.6 Å². The number of nitrogens with one attached hydrogen (secondary N) is 1. The molecule has 0 aromatic heterocycles. The third kappa shape index (κ3) is 2.81. The van der Waals surface area contributed by atoms with Crippen molar-refractivity contribution >= 4 is 5.69 Å². The lowest BCUT2D eigenvalue weighted by molar-refractivity contribution is 0.521.